The molecule has 2 rings (SSSR count). The van der Waals surface area contributed by atoms with Crippen LogP contribution in [-0.4, -0.2) is 28.3 Å². The van der Waals surface area contributed by atoms with Gasteiger partial charge in [0.25, 0.3) is 11.6 Å². The summed E-state index contributed by atoms with van der Waals surface area (Å²) in [6.07, 6.45) is 4.07. The minimum absolute atomic E-state index is 0.0247. The molecule has 21 heavy (non-hydrogen) atoms. The van der Waals surface area contributed by atoms with E-state index in [-0.39, 0.29) is 33.2 Å². The fourth-order valence-corrected chi connectivity index (χ4v) is 2.97. The quantitative estimate of drug-likeness (QED) is 0.599. The van der Waals surface area contributed by atoms with Gasteiger partial charge >= 0.3 is 0 Å². The molecule has 1 fully saturated rings. The molecule has 5 nitrogen and oxygen atoms in total. The maximum Gasteiger partial charge on any atom is 0.290 e. The molecule has 114 valence electrons. The van der Waals surface area contributed by atoms with E-state index in [1.54, 1.807) is 4.90 Å². The SMILES string of the molecule is CC1CCCCCN1C(=O)c1cc(Cl)c(Cl)c([N+](=O)[O-])c1. The second kappa shape index (κ2) is 6.62. The summed E-state index contributed by atoms with van der Waals surface area (Å²) in [6, 6.07) is 2.72. The number of rotatable bonds is 2. The molecule has 0 saturated carbocycles. The lowest BCUT2D eigenvalue weighted by Crippen LogP contribution is -2.38. The maximum absolute atomic E-state index is 12.6. The lowest BCUT2D eigenvalue weighted by Gasteiger charge is -2.27. The first-order chi connectivity index (χ1) is 9.91. The average Bonchev–Trinajstić information content (AvgIpc) is 2.65. The standard InChI is InChI=1S/C14H16Cl2N2O3/c1-9-5-3-2-4-6-17(9)14(19)10-7-11(15)13(16)12(8-10)18(20)21/h7-9H,2-6H2,1H3. The smallest absolute Gasteiger partial charge is 0.290 e. The molecule has 1 unspecified atom stereocenters. The third kappa shape index (κ3) is 3.47. The molecule has 1 heterocycles. The Labute approximate surface area is 133 Å². The fourth-order valence-electron chi connectivity index (χ4n) is 2.57. The number of nitro benzene ring substituents is 1. The van der Waals surface area contributed by atoms with Crippen molar-refractivity contribution in [3.05, 3.63) is 37.9 Å². The van der Waals surface area contributed by atoms with Crippen LogP contribution in [0.4, 0.5) is 5.69 Å². The van der Waals surface area contributed by atoms with Crippen LogP contribution in [0.2, 0.25) is 10.0 Å². The van der Waals surface area contributed by atoms with Crippen molar-refractivity contribution in [2.75, 3.05) is 6.54 Å². The molecule has 7 heteroatoms. The van der Waals surface area contributed by atoms with Gasteiger partial charge in [0.2, 0.25) is 0 Å². The number of hydrogen-bond donors (Lipinski definition) is 0. The van der Waals surface area contributed by atoms with Crippen LogP contribution in [0.15, 0.2) is 12.1 Å². The van der Waals surface area contributed by atoms with Crippen molar-refractivity contribution < 1.29 is 9.72 Å². The molecule has 1 amide bonds. The first-order valence-electron chi connectivity index (χ1n) is 6.86. The van der Waals surface area contributed by atoms with Crippen LogP contribution >= 0.6 is 23.2 Å². The van der Waals surface area contributed by atoms with Crippen molar-refractivity contribution in [1.82, 2.24) is 4.90 Å². The number of halogens is 2. The molecule has 1 saturated heterocycles. The zero-order chi connectivity index (χ0) is 15.6. The van der Waals surface area contributed by atoms with E-state index in [1.807, 2.05) is 6.92 Å². The molecule has 0 N–H and O–H groups in total. The Morgan fingerprint density at radius 1 is 1.33 bits per heavy atom. The fraction of sp³-hybridized carbons (Fsp3) is 0.500. The van der Waals surface area contributed by atoms with Gasteiger partial charge in [-0.25, -0.2) is 0 Å². The van der Waals surface area contributed by atoms with Gasteiger partial charge in [-0.2, -0.15) is 0 Å². The Kier molecular flexibility index (Phi) is 5.06. The summed E-state index contributed by atoms with van der Waals surface area (Å²) in [6.45, 7) is 2.66. The normalized spacial score (nSPS) is 19.2. The van der Waals surface area contributed by atoms with E-state index >= 15 is 0 Å². The van der Waals surface area contributed by atoms with E-state index in [4.69, 9.17) is 23.2 Å². The predicted octanol–water partition coefficient (Wildman–Crippen LogP) is 4.31. The summed E-state index contributed by atoms with van der Waals surface area (Å²) in [5.74, 6) is -0.230. The highest BCUT2D eigenvalue weighted by atomic mass is 35.5. The summed E-state index contributed by atoms with van der Waals surface area (Å²) in [4.78, 5) is 24.7. The van der Waals surface area contributed by atoms with Crippen LogP contribution in [0.1, 0.15) is 43.0 Å². The molecule has 0 aliphatic carbocycles. The third-order valence-electron chi connectivity index (χ3n) is 3.77. The number of nitro groups is 1. The van der Waals surface area contributed by atoms with Gasteiger partial charge < -0.3 is 4.90 Å². The topological polar surface area (TPSA) is 63.5 Å². The van der Waals surface area contributed by atoms with Gasteiger partial charge in [-0.1, -0.05) is 36.0 Å². The highest BCUT2D eigenvalue weighted by Crippen LogP contribution is 2.34. The lowest BCUT2D eigenvalue weighted by atomic mass is 10.1. The van der Waals surface area contributed by atoms with E-state index < -0.39 is 4.92 Å². The largest absolute Gasteiger partial charge is 0.336 e. The van der Waals surface area contributed by atoms with Crippen molar-refractivity contribution in [3.63, 3.8) is 0 Å². The average molecular weight is 331 g/mol. The number of likely N-dealkylation sites (tertiary alicyclic amines) is 1. The lowest BCUT2D eigenvalue weighted by molar-refractivity contribution is -0.384. The first-order valence-corrected chi connectivity index (χ1v) is 7.62. The third-order valence-corrected chi connectivity index (χ3v) is 4.56. The monoisotopic (exact) mass is 330 g/mol. The van der Waals surface area contributed by atoms with Crippen LogP contribution in [-0.2, 0) is 0 Å². The Morgan fingerprint density at radius 2 is 2.05 bits per heavy atom. The summed E-state index contributed by atoms with van der Waals surface area (Å²) in [5, 5.41) is 10.9. The maximum atomic E-state index is 12.6. The van der Waals surface area contributed by atoms with Crippen molar-refractivity contribution in [2.45, 2.75) is 38.6 Å². The minimum atomic E-state index is -0.628. The van der Waals surface area contributed by atoms with Gasteiger partial charge in [0.1, 0.15) is 5.02 Å². The second-order valence-electron chi connectivity index (χ2n) is 5.25. The molecule has 1 aliphatic heterocycles. The second-order valence-corrected chi connectivity index (χ2v) is 6.03. The Bertz CT molecular complexity index is 578. The molecule has 0 bridgehead atoms. The summed E-state index contributed by atoms with van der Waals surface area (Å²) < 4.78 is 0. The highest BCUT2D eigenvalue weighted by molar-refractivity contribution is 6.43. The molecule has 1 aromatic carbocycles. The number of carbonyl (C=O) groups is 1. The number of carbonyl (C=O) groups excluding carboxylic acids is 1. The Hall–Kier alpha value is -1.33. The molecule has 0 spiro atoms. The first kappa shape index (κ1) is 16.0. The van der Waals surface area contributed by atoms with Crippen molar-refractivity contribution in [2.24, 2.45) is 0 Å². The van der Waals surface area contributed by atoms with E-state index in [1.165, 1.54) is 12.1 Å². The number of benzene rings is 1. The van der Waals surface area contributed by atoms with Crippen LogP contribution in [0, 0.1) is 10.1 Å². The molecule has 1 atom stereocenters. The molecule has 0 radical (unpaired) electrons. The number of hydrogen-bond acceptors (Lipinski definition) is 3. The number of amides is 1. The van der Waals surface area contributed by atoms with Crippen LogP contribution in [0.3, 0.4) is 0 Å². The van der Waals surface area contributed by atoms with E-state index in [0.717, 1.165) is 25.7 Å². The van der Waals surface area contributed by atoms with Gasteiger partial charge in [0, 0.05) is 24.2 Å². The minimum Gasteiger partial charge on any atom is -0.336 e. The van der Waals surface area contributed by atoms with Gasteiger partial charge in [0.15, 0.2) is 0 Å². The van der Waals surface area contributed by atoms with Crippen LogP contribution < -0.4 is 0 Å². The van der Waals surface area contributed by atoms with Gasteiger partial charge in [0.05, 0.1) is 9.95 Å². The molecule has 1 aromatic rings. The van der Waals surface area contributed by atoms with Crippen molar-refractivity contribution in [1.29, 1.82) is 0 Å². The Morgan fingerprint density at radius 3 is 2.71 bits per heavy atom. The predicted molar refractivity (Wildman–Crippen MR) is 82.1 cm³/mol. The molecule has 0 aromatic heterocycles. The van der Waals surface area contributed by atoms with E-state index in [2.05, 4.69) is 0 Å². The van der Waals surface area contributed by atoms with Gasteiger partial charge in [-0.3, -0.25) is 14.9 Å². The van der Waals surface area contributed by atoms with Crippen molar-refractivity contribution in [3.8, 4) is 0 Å². The Balaban J connectivity index is 2.36. The molecular formula is C14H16Cl2N2O3. The summed E-state index contributed by atoms with van der Waals surface area (Å²) in [5.41, 5.74) is -0.125. The zero-order valence-electron chi connectivity index (χ0n) is 11.6. The van der Waals surface area contributed by atoms with E-state index in [9.17, 15) is 14.9 Å². The summed E-state index contributed by atoms with van der Waals surface area (Å²) >= 11 is 11.7. The zero-order valence-corrected chi connectivity index (χ0v) is 13.2. The van der Waals surface area contributed by atoms with Gasteiger partial charge in [-0.05, 0) is 25.8 Å². The summed E-state index contributed by atoms with van der Waals surface area (Å²) in [7, 11) is 0. The van der Waals surface area contributed by atoms with Crippen LogP contribution in [0.5, 0.6) is 0 Å². The molecular weight excluding hydrogens is 315 g/mol. The van der Waals surface area contributed by atoms with Crippen LogP contribution in [0.25, 0.3) is 0 Å². The molecule has 1 aliphatic rings. The van der Waals surface area contributed by atoms with Gasteiger partial charge in [-0.15, -0.1) is 0 Å². The van der Waals surface area contributed by atoms with E-state index in [0.29, 0.717) is 6.54 Å². The number of nitrogens with zero attached hydrogens (tertiary/aromatic N) is 2. The highest BCUT2D eigenvalue weighted by Gasteiger charge is 2.26. The van der Waals surface area contributed by atoms with Crippen molar-refractivity contribution >= 4 is 34.8 Å².